The van der Waals surface area contributed by atoms with Gasteiger partial charge in [-0.25, -0.2) is 4.98 Å². The number of aliphatic hydroxyl groups is 1. The van der Waals surface area contributed by atoms with Gasteiger partial charge in [0.1, 0.15) is 5.69 Å². The quantitative estimate of drug-likeness (QED) is 0.800. The normalized spacial score (nSPS) is 29.5. The van der Waals surface area contributed by atoms with Gasteiger partial charge in [0.25, 0.3) is 5.91 Å². The van der Waals surface area contributed by atoms with Crippen LogP contribution < -0.4 is 5.32 Å². The Morgan fingerprint density at radius 3 is 2.77 bits per heavy atom. The fraction of sp³-hybridized carbons (Fsp3) is 0.667. The van der Waals surface area contributed by atoms with Gasteiger partial charge in [0, 0.05) is 25.3 Å². The summed E-state index contributed by atoms with van der Waals surface area (Å²) in [5.74, 6) is -0.279. The van der Waals surface area contributed by atoms with Crippen molar-refractivity contribution < 1.29 is 14.6 Å². The largest absolute Gasteiger partial charge is 0.389 e. The second-order valence-corrected chi connectivity index (χ2v) is 5.91. The molecule has 120 valence electrons. The molecule has 1 amide bonds. The van der Waals surface area contributed by atoms with Crippen LogP contribution >= 0.6 is 0 Å². The van der Waals surface area contributed by atoms with Gasteiger partial charge in [-0.3, -0.25) is 14.7 Å². The molecule has 0 unspecified atom stereocenters. The molecule has 2 fully saturated rings. The maximum Gasteiger partial charge on any atom is 0.271 e. The number of hydrogen-bond donors (Lipinski definition) is 2. The Morgan fingerprint density at radius 2 is 2.09 bits per heavy atom. The number of aryl methyl sites for hydroxylation is 1. The predicted molar refractivity (Wildman–Crippen MR) is 79.4 cm³/mol. The minimum absolute atomic E-state index is 0.0956. The fourth-order valence-electron chi connectivity index (χ4n) is 3.18. The van der Waals surface area contributed by atoms with Gasteiger partial charge in [0.05, 0.1) is 37.3 Å². The van der Waals surface area contributed by atoms with Gasteiger partial charge in [-0.05, 0) is 19.8 Å². The Morgan fingerprint density at radius 1 is 1.32 bits per heavy atom. The number of morpholine rings is 1. The van der Waals surface area contributed by atoms with E-state index in [4.69, 9.17) is 4.74 Å². The number of nitrogens with one attached hydrogen (secondary N) is 1. The molecule has 0 aromatic carbocycles. The molecule has 7 nitrogen and oxygen atoms in total. The predicted octanol–water partition coefficient (Wildman–Crippen LogP) is -0.261. The lowest BCUT2D eigenvalue weighted by Crippen LogP contribution is -2.51. The molecule has 2 aliphatic rings. The zero-order chi connectivity index (χ0) is 15.5. The number of hydrogen-bond acceptors (Lipinski definition) is 6. The van der Waals surface area contributed by atoms with Crippen molar-refractivity contribution in [3.8, 4) is 0 Å². The Hall–Kier alpha value is -1.57. The van der Waals surface area contributed by atoms with Crippen molar-refractivity contribution in [2.75, 3.05) is 26.3 Å². The molecule has 1 saturated heterocycles. The minimum Gasteiger partial charge on any atom is -0.389 e. The fourth-order valence-corrected chi connectivity index (χ4v) is 3.18. The highest BCUT2D eigenvalue weighted by molar-refractivity contribution is 5.92. The van der Waals surface area contributed by atoms with Crippen LogP contribution in [0, 0.1) is 6.92 Å². The molecule has 22 heavy (non-hydrogen) atoms. The Kier molecular flexibility index (Phi) is 4.66. The van der Waals surface area contributed by atoms with E-state index in [2.05, 4.69) is 20.2 Å². The summed E-state index contributed by atoms with van der Waals surface area (Å²) in [6.45, 7) is 4.92. The number of aromatic nitrogens is 2. The van der Waals surface area contributed by atoms with E-state index in [-0.39, 0.29) is 23.7 Å². The zero-order valence-electron chi connectivity index (χ0n) is 12.7. The van der Waals surface area contributed by atoms with Crippen LogP contribution in [0.4, 0.5) is 0 Å². The summed E-state index contributed by atoms with van der Waals surface area (Å²) < 4.78 is 5.35. The van der Waals surface area contributed by atoms with Crippen molar-refractivity contribution in [2.45, 2.75) is 38.0 Å². The van der Waals surface area contributed by atoms with Gasteiger partial charge >= 0.3 is 0 Å². The summed E-state index contributed by atoms with van der Waals surface area (Å²) in [5, 5.41) is 13.4. The monoisotopic (exact) mass is 306 g/mol. The van der Waals surface area contributed by atoms with E-state index >= 15 is 0 Å². The molecule has 1 aliphatic carbocycles. The van der Waals surface area contributed by atoms with Crippen LogP contribution in [-0.4, -0.2) is 70.4 Å². The first kappa shape index (κ1) is 15.3. The standard InChI is InChI=1S/C15H22N4O3/c1-10-8-17-12(9-16-10)15(21)18-11-2-3-13(14(11)20)19-4-6-22-7-5-19/h8-9,11,13-14,20H,2-7H2,1H3,(H,18,21)/t11-,13-,14-/m1/s1. The molecule has 0 spiro atoms. The second kappa shape index (κ2) is 6.68. The third kappa shape index (κ3) is 3.26. The van der Waals surface area contributed by atoms with Crippen molar-refractivity contribution in [1.82, 2.24) is 20.2 Å². The molecule has 3 atom stereocenters. The van der Waals surface area contributed by atoms with E-state index in [1.165, 1.54) is 6.20 Å². The molecule has 2 N–H and O–H groups in total. The number of carbonyl (C=O) groups is 1. The number of amides is 1. The molecule has 1 aromatic rings. The van der Waals surface area contributed by atoms with Gasteiger partial charge in [-0.2, -0.15) is 0 Å². The van der Waals surface area contributed by atoms with Crippen molar-refractivity contribution >= 4 is 5.91 Å². The molecule has 7 heteroatoms. The number of rotatable bonds is 3. The lowest BCUT2D eigenvalue weighted by Gasteiger charge is -2.34. The van der Waals surface area contributed by atoms with Crippen LogP contribution in [0.3, 0.4) is 0 Å². The first-order valence-electron chi connectivity index (χ1n) is 7.74. The first-order chi connectivity index (χ1) is 10.6. The molecule has 1 aliphatic heterocycles. The summed E-state index contributed by atoms with van der Waals surface area (Å²) in [6.07, 6.45) is 4.13. The summed E-state index contributed by atoms with van der Waals surface area (Å²) in [4.78, 5) is 22.6. The Balaban J connectivity index is 1.59. The number of ether oxygens (including phenoxy) is 1. The maximum absolute atomic E-state index is 12.2. The lowest BCUT2D eigenvalue weighted by molar-refractivity contribution is -0.0154. The summed E-state index contributed by atoms with van der Waals surface area (Å²) >= 11 is 0. The van der Waals surface area contributed by atoms with E-state index in [9.17, 15) is 9.90 Å². The van der Waals surface area contributed by atoms with Crippen LogP contribution in [0.25, 0.3) is 0 Å². The second-order valence-electron chi connectivity index (χ2n) is 5.91. The van der Waals surface area contributed by atoms with Crippen molar-refractivity contribution in [2.24, 2.45) is 0 Å². The van der Waals surface area contributed by atoms with Gasteiger partial charge in [-0.15, -0.1) is 0 Å². The Labute approximate surface area is 129 Å². The van der Waals surface area contributed by atoms with Crippen molar-refractivity contribution in [1.29, 1.82) is 0 Å². The maximum atomic E-state index is 12.2. The van der Waals surface area contributed by atoms with Gasteiger partial charge < -0.3 is 15.2 Å². The molecular formula is C15H22N4O3. The molecule has 0 bridgehead atoms. The van der Waals surface area contributed by atoms with Crippen LogP contribution in [0.15, 0.2) is 12.4 Å². The van der Waals surface area contributed by atoms with Crippen molar-refractivity contribution in [3.05, 3.63) is 23.8 Å². The van der Waals surface area contributed by atoms with E-state index in [1.807, 2.05) is 6.92 Å². The average molecular weight is 306 g/mol. The average Bonchev–Trinajstić information content (AvgIpc) is 2.90. The molecule has 0 radical (unpaired) electrons. The van der Waals surface area contributed by atoms with Gasteiger partial charge in [-0.1, -0.05) is 0 Å². The van der Waals surface area contributed by atoms with Crippen LogP contribution in [0.5, 0.6) is 0 Å². The number of nitrogens with zero attached hydrogens (tertiary/aromatic N) is 3. The molecule has 1 saturated carbocycles. The highest BCUT2D eigenvalue weighted by atomic mass is 16.5. The number of carbonyl (C=O) groups excluding carboxylic acids is 1. The first-order valence-corrected chi connectivity index (χ1v) is 7.74. The molecular weight excluding hydrogens is 284 g/mol. The van der Waals surface area contributed by atoms with E-state index in [0.29, 0.717) is 13.2 Å². The third-order valence-corrected chi connectivity index (χ3v) is 4.42. The topological polar surface area (TPSA) is 87.6 Å². The highest BCUT2D eigenvalue weighted by Crippen LogP contribution is 2.25. The van der Waals surface area contributed by atoms with Crippen molar-refractivity contribution in [3.63, 3.8) is 0 Å². The lowest BCUT2D eigenvalue weighted by atomic mass is 10.1. The minimum atomic E-state index is -0.555. The van der Waals surface area contributed by atoms with E-state index in [1.54, 1.807) is 6.20 Å². The molecule has 3 rings (SSSR count). The zero-order valence-corrected chi connectivity index (χ0v) is 12.7. The van der Waals surface area contributed by atoms with Crippen LogP contribution in [0.2, 0.25) is 0 Å². The Bertz CT molecular complexity index is 516. The SMILES string of the molecule is Cc1cnc(C(=O)N[C@@H]2CC[C@@H](N3CCOCC3)[C@@H]2O)cn1. The van der Waals surface area contributed by atoms with Crippen LogP contribution in [-0.2, 0) is 4.74 Å². The summed E-state index contributed by atoms with van der Waals surface area (Å²) in [6, 6.07) is -0.137. The van der Waals surface area contributed by atoms with Gasteiger partial charge in [0.2, 0.25) is 0 Å². The summed E-state index contributed by atoms with van der Waals surface area (Å²) in [7, 11) is 0. The van der Waals surface area contributed by atoms with Crippen LogP contribution in [0.1, 0.15) is 29.0 Å². The summed E-state index contributed by atoms with van der Waals surface area (Å²) in [5.41, 5.74) is 1.05. The molecule has 1 aromatic heterocycles. The third-order valence-electron chi connectivity index (χ3n) is 4.42. The van der Waals surface area contributed by atoms with Gasteiger partial charge in [0.15, 0.2) is 0 Å². The highest BCUT2D eigenvalue weighted by Gasteiger charge is 2.39. The smallest absolute Gasteiger partial charge is 0.271 e. The number of aliphatic hydroxyl groups excluding tert-OH is 1. The van der Waals surface area contributed by atoms with E-state index in [0.717, 1.165) is 31.6 Å². The van der Waals surface area contributed by atoms with E-state index < -0.39 is 6.10 Å². The molecule has 2 heterocycles.